The lowest BCUT2D eigenvalue weighted by molar-refractivity contribution is -0.131. The van der Waals surface area contributed by atoms with Crippen molar-refractivity contribution in [3.8, 4) is 0 Å². The number of carbonyl (C=O) groups is 2. The number of carbonyl (C=O) groups excluding carboxylic acids is 2. The fourth-order valence-corrected chi connectivity index (χ4v) is 2.86. The van der Waals surface area contributed by atoms with Crippen LogP contribution in [0.25, 0.3) is 0 Å². The number of hydrogen-bond donors (Lipinski definition) is 2. The topological polar surface area (TPSA) is 84.7 Å². The zero-order valence-corrected chi connectivity index (χ0v) is 11.7. The minimum Gasteiger partial charge on any atom is -0.369 e. The van der Waals surface area contributed by atoms with E-state index in [1.807, 2.05) is 6.92 Å². The molecular weight excluding hydrogens is 265 g/mol. The van der Waals surface area contributed by atoms with Crippen LogP contribution in [-0.2, 0) is 14.3 Å². The van der Waals surface area contributed by atoms with Crippen LogP contribution >= 0.6 is 0 Å². The van der Waals surface area contributed by atoms with E-state index in [9.17, 15) is 14.0 Å². The summed E-state index contributed by atoms with van der Waals surface area (Å²) in [7, 11) is 0. The van der Waals surface area contributed by atoms with Gasteiger partial charge in [-0.1, -0.05) is 0 Å². The number of alkyl halides is 1. The molecule has 3 N–H and O–H groups in total. The van der Waals surface area contributed by atoms with Gasteiger partial charge in [0.25, 0.3) is 0 Å². The van der Waals surface area contributed by atoms with E-state index in [0.29, 0.717) is 19.4 Å². The van der Waals surface area contributed by atoms with Gasteiger partial charge in [-0.2, -0.15) is 0 Å². The van der Waals surface area contributed by atoms with Gasteiger partial charge in [0.05, 0.1) is 12.6 Å². The molecule has 0 aromatic carbocycles. The van der Waals surface area contributed by atoms with Crippen LogP contribution in [0.1, 0.15) is 26.2 Å². The molecule has 4 atom stereocenters. The maximum Gasteiger partial charge on any atom is 0.249 e. The third kappa shape index (κ3) is 3.89. The fourth-order valence-electron chi connectivity index (χ4n) is 2.86. The van der Waals surface area contributed by atoms with E-state index >= 15 is 0 Å². The second-order valence-electron chi connectivity index (χ2n) is 5.64. The highest BCUT2D eigenvalue weighted by Crippen LogP contribution is 2.21. The predicted molar refractivity (Wildman–Crippen MR) is 70.6 cm³/mol. The van der Waals surface area contributed by atoms with Crippen molar-refractivity contribution in [1.82, 2.24) is 10.2 Å². The zero-order valence-electron chi connectivity index (χ0n) is 11.7. The number of ether oxygens (including phenoxy) is 1. The number of likely N-dealkylation sites (tertiary alicyclic amines) is 1. The summed E-state index contributed by atoms with van der Waals surface area (Å²) in [4.78, 5) is 24.5. The van der Waals surface area contributed by atoms with Gasteiger partial charge in [0.15, 0.2) is 0 Å². The van der Waals surface area contributed by atoms with E-state index in [1.54, 1.807) is 4.90 Å². The van der Waals surface area contributed by atoms with Gasteiger partial charge in [-0.3, -0.25) is 14.5 Å². The first kappa shape index (κ1) is 15.2. The van der Waals surface area contributed by atoms with Crippen LogP contribution < -0.4 is 11.1 Å². The molecule has 2 saturated heterocycles. The molecule has 2 fully saturated rings. The molecule has 2 rings (SSSR count). The number of halogens is 1. The van der Waals surface area contributed by atoms with Crippen LogP contribution in [-0.4, -0.2) is 60.8 Å². The third-order valence-electron chi connectivity index (χ3n) is 3.87. The van der Waals surface area contributed by atoms with Gasteiger partial charge in [0.2, 0.25) is 11.8 Å². The maximum atomic E-state index is 13.4. The van der Waals surface area contributed by atoms with E-state index in [0.717, 1.165) is 6.42 Å². The Kier molecular flexibility index (Phi) is 4.93. The molecule has 0 bridgehead atoms. The van der Waals surface area contributed by atoms with Gasteiger partial charge in [-0.25, -0.2) is 4.39 Å². The van der Waals surface area contributed by atoms with Crippen molar-refractivity contribution < 1.29 is 18.7 Å². The highest BCUT2D eigenvalue weighted by molar-refractivity contribution is 5.81. The Morgan fingerprint density at radius 1 is 1.45 bits per heavy atom. The zero-order chi connectivity index (χ0) is 14.7. The number of amides is 2. The molecule has 0 aromatic heterocycles. The van der Waals surface area contributed by atoms with Gasteiger partial charge in [-0.15, -0.1) is 0 Å². The summed E-state index contributed by atoms with van der Waals surface area (Å²) in [6.07, 6.45) is 0.640. The van der Waals surface area contributed by atoms with Crippen LogP contribution in [0.2, 0.25) is 0 Å². The van der Waals surface area contributed by atoms with E-state index in [2.05, 4.69) is 5.32 Å². The Bertz CT molecular complexity index is 380. The number of nitrogens with one attached hydrogen (secondary N) is 1. The lowest BCUT2D eigenvalue weighted by Crippen LogP contribution is -2.45. The van der Waals surface area contributed by atoms with Gasteiger partial charge in [0, 0.05) is 19.1 Å². The summed E-state index contributed by atoms with van der Waals surface area (Å²) >= 11 is 0. The highest BCUT2D eigenvalue weighted by atomic mass is 19.1. The molecule has 7 heteroatoms. The largest absolute Gasteiger partial charge is 0.369 e. The van der Waals surface area contributed by atoms with Crippen molar-refractivity contribution >= 4 is 11.8 Å². The van der Waals surface area contributed by atoms with Crippen molar-refractivity contribution in [2.24, 2.45) is 5.73 Å². The number of hydrogen-bond acceptors (Lipinski definition) is 4. The quantitative estimate of drug-likeness (QED) is 0.718. The number of nitrogens with two attached hydrogens (primary N) is 1. The summed E-state index contributed by atoms with van der Waals surface area (Å²) < 4.78 is 18.9. The summed E-state index contributed by atoms with van der Waals surface area (Å²) in [5, 5.41) is 2.79. The van der Waals surface area contributed by atoms with Crippen LogP contribution in [0.3, 0.4) is 0 Å². The van der Waals surface area contributed by atoms with Crippen LogP contribution in [0.4, 0.5) is 4.39 Å². The van der Waals surface area contributed by atoms with Crippen molar-refractivity contribution in [2.75, 3.05) is 19.6 Å². The average molecular weight is 287 g/mol. The van der Waals surface area contributed by atoms with E-state index in [-0.39, 0.29) is 31.1 Å². The molecular formula is C13H22FN3O3. The molecule has 2 heterocycles. The molecule has 114 valence electrons. The minimum atomic E-state index is -0.973. The first-order valence-corrected chi connectivity index (χ1v) is 7.05. The Hall–Kier alpha value is -1.21. The summed E-state index contributed by atoms with van der Waals surface area (Å²) in [6.45, 7) is 2.48. The van der Waals surface area contributed by atoms with Crippen molar-refractivity contribution in [3.05, 3.63) is 0 Å². The monoisotopic (exact) mass is 287 g/mol. The molecule has 0 spiro atoms. The van der Waals surface area contributed by atoms with Crippen molar-refractivity contribution in [1.29, 1.82) is 0 Å². The summed E-state index contributed by atoms with van der Waals surface area (Å²) in [6, 6.07) is -0.180. The maximum absolute atomic E-state index is 13.4. The number of rotatable bonds is 5. The molecule has 6 nitrogen and oxygen atoms in total. The van der Waals surface area contributed by atoms with Gasteiger partial charge >= 0.3 is 0 Å². The lowest BCUT2D eigenvalue weighted by atomic mass is 10.1. The van der Waals surface area contributed by atoms with Crippen LogP contribution in [0.15, 0.2) is 0 Å². The van der Waals surface area contributed by atoms with Gasteiger partial charge in [-0.05, 0) is 26.2 Å². The Morgan fingerprint density at radius 3 is 2.80 bits per heavy atom. The molecule has 0 aliphatic carbocycles. The van der Waals surface area contributed by atoms with Gasteiger partial charge < -0.3 is 15.8 Å². The van der Waals surface area contributed by atoms with Crippen molar-refractivity contribution in [3.63, 3.8) is 0 Å². The number of nitrogens with zero attached hydrogens (tertiary/aromatic N) is 1. The van der Waals surface area contributed by atoms with Gasteiger partial charge in [0.1, 0.15) is 12.3 Å². The molecule has 2 aliphatic heterocycles. The second kappa shape index (κ2) is 6.49. The number of primary amides is 1. The predicted octanol–water partition coefficient (Wildman–Crippen LogP) is -0.432. The van der Waals surface area contributed by atoms with Crippen molar-refractivity contribution in [2.45, 2.75) is 50.6 Å². The minimum absolute atomic E-state index is 0.0257. The fraction of sp³-hybridized carbons (Fsp3) is 0.846. The summed E-state index contributed by atoms with van der Waals surface area (Å²) in [5.74, 6) is -0.640. The third-order valence-corrected chi connectivity index (χ3v) is 3.87. The summed E-state index contributed by atoms with van der Waals surface area (Å²) in [5.41, 5.74) is 5.14. The van der Waals surface area contributed by atoms with Crippen LogP contribution in [0, 0.1) is 0 Å². The standard InChI is InChI=1S/C13H22FN3O3/c1-8-2-3-11(20-8)13(19)16-5-10-4-9(14)6-17(10)7-12(15)18/h8-11H,2-7H2,1H3,(H2,15,18)(H,16,19)/t8-,9+,10+,11+/m1/s1. The normalized spacial score (nSPS) is 34.3. The Morgan fingerprint density at radius 2 is 2.20 bits per heavy atom. The molecule has 2 amide bonds. The lowest BCUT2D eigenvalue weighted by Gasteiger charge is -2.23. The second-order valence-corrected chi connectivity index (χ2v) is 5.64. The highest BCUT2D eigenvalue weighted by Gasteiger charge is 2.34. The molecule has 20 heavy (non-hydrogen) atoms. The first-order chi connectivity index (χ1) is 9.45. The van der Waals surface area contributed by atoms with Crippen LogP contribution in [0.5, 0.6) is 0 Å². The first-order valence-electron chi connectivity index (χ1n) is 7.05. The smallest absolute Gasteiger partial charge is 0.249 e. The molecule has 0 unspecified atom stereocenters. The average Bonchev–Trinajstić information content (AvgIpc) is 2.92. The SMILES string of the molecule is C[C@@H]1CC[C@@H](C(=O)NC[C@@H]2C[C@H](F)CN2CC(N)=O)O1. The Balaban J connectivity index is 1.79. The Labute approximate surface area is 117 Å². The van der Waals surface area contributed by atoms with E-state index in [1.165, 1.54) is 0 Å². The molecule has 0 saturated carbocycles. The van der Waals surface area contributed by atoms with E-state index < -0.39 is 18.2 Å². The van der Waals surface area contributed by atoms with E-state index in [4.69, 9.17) is 10.5 Å². The molecule has 2 aliphatic rings. The molecule has 0 radical (unpaired) electrons. The molecule has 0 aromatic rings.